The number of aromatic nitrogens is 3. The molecule has 8 nitrogen and oxygen atoms in total. The maximum Gasteiger partial charge on any atom is 0.254 e. The zero-order valence-corrected chi connectivity index (χ0v) is 13.5. The average Bonchev–Trinajstić information content (AvgIpc) is 2.98. The summed E-state index contributed by atoms with van der Waals surface area (Å²) in [7, 11) is 0. The van der Waals surface area contributed by atoms with Crippen LogP contribution < -0.4 is 11.1 Å². The van der Waals surface area contributed by atoms with Gasteiger partial charge >= 0.3 is 0 Å². The molecule has 0 unspecified atom stereocenters. The minimum Gasteiger partial charge on any atom is -0.376 e. The van der Waals surface area contributed by atoms with Crippen molar-refractivity contribution in [1.29, 1.82) is 5.26 Å². The molecule has 0 radical (unpaired) electrons. The van der Waals surface area contributed by atoms with E-state index in [1.54, 1.807) is 0 Å². The number of hydrogen-bond donors (Lipinski definition) is 2. The van der Waals surface area contributed by atoms with Crippen molar-refractivity contribution < 1.29 is 13.9 Å². The van der Waals surface area contributed by atoms with Crippen LogP contribution in [0.2, 0.25) is 0 Å². The third kappa shape index (κ3) is 3.59. The van der Waals surface area contributed by atoms with Crippen molar-refractivity contribution in [2.75, 3.05) is 11.9 Å². The number of halogens is 1. The number of anilines is 2. The van der Waals surface area contributed by atoms with Crippen LogP contribution in [0.25, 0.3) is 0 Å². The van der Waals surface area contributed by atoms with Gasteiger partial charge in [-0.1, -0.05) is 0 Å². The molecule has 0 spiro atoms. The molecule has 25 heavy (non-hydrogen) atoms. The normalized spacial score (nSPS) is 23.0. The predicted octanol–water partition coefficient (Wildman–Crippen LogP) is 1.75. The number of nitrogens with zero attached hydrogens (tertiary/aromatic N) is 4. The highest BCUT2D eigenvalue weighted by molar-refractivity contribution is 5.98. The fourth-order valence-electron chi connectivity index (χ4n) is 2.81. The molecule has 0 aliphatic carbocycles. The maximum atomic E-state index is 13.2. The number of carbonyl (C=O) groups excluding carboxylic acids is 1. The first-order valence-electron chi connectivity index (χ1n) is 7.76. The number of nitrogens with one attached hydrogen (secondary N) is 1. The fourth-order valence-corrected chi connectivity index (χ4v) is 2.81. The Balaban J connectivity index is 1.92. The van der Waals surface area contributed by atoms with Crippen LogP contribution in [0.1, 0.15) is 29.7 Å². The molecule has 1 aliphatic heterocycles. The summed E-state index contributed by atoms with van der Waals surface area (Å²) in [6.07, 6.45) is 3.34. The van der Waals surface area contributed by atoms with E-state index in [1.807, 2.05) is 6.92 Å². The highest BCUT2D eigenvalue weighted by atomic mass is 19.1. The lowest BCUT2D eigenvalue weighted by Crippen LogP contribution is -2.33. The van der Waals surface area contributed by atoms with E-state index in [4.69, 9.17) is 10.5 Å². The summed E-state index contributed by atoms with van der Waals surface area (Å²) in [5.41, 5.74) is 5.94. The molecular weight excluding hydrogens is 327 g/mol. The highest BCUT2D eigenvalue weighted by Gasteiger charge is 2.32. The van der Waals surface area contributed by atoms with Gasteiger partial charge in [-0.25, -0.2) is 4.98 Å². The lowest BCUT2D eigenvalue weighted by atomic mass is 9.93. The monoisotopic (exact) mass is 344 g/mol. The van der Waals surface area contributed by atoms with E-state index in [1.165, 1.54) is 29.2 Å². The van der Waals surface area contributed by atoms with E-state index in [0.717, 1.165) is 0 Å². The van der Waals surface area contributed by atoms with Crippen LogP contribution in [0.4, 0.5) is 15.9 Å². The molecule has 0 aromatic carbocycles. The molecule has 3 atom stereocenters. The first-order chi connectivity index (χ1) is 12.0. The third-order valence-corrected chi connectivity index (χ3v) is 4.09. The predicted molar refractivity (Wildman–Crippen MR) is 86.4 cm³/mol. The van der Waals surface area contributed by atoms with Crippen molar-refractivity contribution in [2.24, 2.45) is 11.7 Å². The Morgan fingerprint density at radius 1 is 1.60 bits per heavy atom. The Bertz CT molecular complexity index is 830. The molecule has 1 saturated heterocycles. The molecule has 3 rings (SSSR count). The molecule has 130 valence electrons. The molecule has 3 heterocycles. The number of primary amides is 1. The van der Waals surface area contributed by atoms with Crippen LogP contribution in [-0.4, -0.2) is 33.4 Å². The Kier molecular flexibility index (Phi) is 4.63. The summed E-state index contributed by atoms with van der Waals surface area (Å²) in [6, 6.07) is 4.65. The molecule has 1 amide bonds. The zero-order valence-electron chi connectivity index (χ0n) is 13.5. The number of nitrogens with two attached hydrogens (primary N) is 1. The number of pyridine rings is 1. The van der Waals surface area contributed by atoms with Gasteiger partial charge in [-0.2, -0.15) is 14.8 Å². The van der Waals surface area contributed by atoms with Gasteiger partial charge in [0, 0.05) is 24.1 Å². The third-order valence-electron chi connectivity index (χ3n) is 4.09. The Morgan fingerprint density at radius 3 is 3.08 bits per heavy atom. The minimum atomic E-state index is -0.679. The van der Waals surface area contributed by atoms with Crippen molar-refractivity contribution in [1.82, 2.24) is 14.8 Å². The summed E-state index contributed by atoms with van der Waals surface area (Å²) in [4.78, 5) is 15.2. The van der Waals surface area contributed by atoms with Crippen LogP contribution >= 0.6 is 0 Å². The number of amides is 1. The van der Waals surface area contributed by atoms with Gasteiger partial charge in [0.1, 0.15) is 5.56 Å². The van der Waals surface area contributed by atoms with Crippen LogP contribution in [0.3, 0.4) is 0 Å². The second-order valence-corrected chi connectivity index (χ2v) is 5.91. The standard InChI is InChI=1S/C16H17FN6O2/c1-9-4-10(6-18)13(8-25-9)23-7-12(15(19)24)16(22-23)21-11-2-3-20-14(17)5-11/h2-3,5,7,9-10,13H,4,8H2,1H3,(H2,19,24)(H,20,21,22)/t9-,10+,13+/m0/s1. The highest BCUT2D eigenvalue weighted by Crippen LogP contribution is 2.30. The number of nitriles is 1. The van der Waals surface area contributed by atoms with Crippen LogP contribution in [0, 0.1) is 23.2 Å². The van der Waals surface area contributed by atoms with Crippen molar-refractivity contribution in [3.63, 3.8) is 0 Å². The van der Waals surface area contributed by atoms with Crippen molar-refractivity contribution in [3.8, 4) is 6.07 Å². The fraction of sp³-hybridized carbons (Fsp3) is 0.375. The molecule has 9 heteroatoms. The van der Waals surface area contributed by atoms with Crippen LogP contribution in [0.5, 0.6) is 0 Å². The first kappa shape index (κ1) is 16.9. The molecule has 2 aromatic heterocycles. The summed E-state index contributed by atoms with van der Waals surface area (Å²) < 4.78 is 20.4. The van der Waals surface area contributed by atoms with E-state index in [2.05, 4.69) is 21.5 Å². The molecule has 1 fully saturated rings. The number of hydrogen-bond acceptors (Lipinski definition) is 6. The molecule has 1 aliphatic rings. The molecule has 2 aromatic rings. The van der Waals surface area contributed by atoms with Gasteiger partial charge in [0.2, 0.25) is 5.95 Å². The first-order valence-corrected chi connectivity index (χ1v) is 7.76. The maximum absolute atomic E-state index is 13.2. The molecule has 3 N–H and O–H groups in total. The van der Waals surface area contributed by atoms with E-state index in [9.17, 15) is 14.4 Å². The lowest BCUT2D eigenvalue weighted by Gasteiger charge is -2.31. The van der Waals surface area contributed by atoms with E-state index in [-0.39, 0.29) is 29.4 Å². The summed E-state index contributed by atoms with van der Waals surface area (Å²) in [6.45, 7) is 2.21. The van der Waals surface area contributed by atoms with Gasteiger partial charge in [0.25, 0.3) is 5.91 Å². The van der Waals surface area contributed by atoms with Crippen molar-refractivity contribution >= 4 is 17.4 Å². The van der Waals surface area contributed by atoms with Crippen LogP contribution in [-0.2, 0) is 4.74 Å². The molecule has 0 saturated carbocycles. The summed E-state index contributed by atoms with van der Waals surface area (Å²) >= 11 is 0. The van der Waals surface area contributed by atoms with Crippen molar-refractivity contribution in [3.05, 3.63) is 36.0 Å². The van der Waals surface area contributed by atoms with E-state index in [0.29, 0.717) is 18.7 Å². The zero-order chi connectivity index (χ0) is 18.0. The van der Waals surface area contributed by atoms with Crippen molar-refractivity contribution in [2.45, 2.75) is 25.5 Å². The molecular formula is C16H17FN6O2. The summed E-state index contributed by atoms with van der Waals surface area (Å²) in [5, 5.41) is 16.6. The number of carbonyl (C=O) groups is 1. The Hall–Kier alpha value is -2.99. The number of ether oxygens (including phenoxy) is 1. The average molecular weight is 344 g/mol. The Morgan fingerprint density at radius 2 is 2.40 bits per heavy atom. The molecule has 0 bridgehead atoms. The lowest BCUT2D eigenvalue weighted by molar-refractivity contribution is -0.0215. The summed E-state index contributed by atoms with van der Waals surface area (Å²) in [5.74, 6) is -1.45. The van der Waals surface area contributed by atoms with Gasteiger partial charge in [-0.3, -0.25) is 9.48 Å². The number of rotatable bonds is 4. The topological polar surface area (TPSA) is 119 Å². The van der Waals surface area contributed by atoms with E-state index >= 15 is 0 Å². The van der Waals surface area contributed by atoms with Gasteiger partial charge < -0.3 is 15.8 Å². The second-order valence-electron chi connectivity index (χ2n) is 5.91. The van der Waals surface area contributed by atoms with Gasteiger partial charge in [-0.05, 0) is 19.4 Å². The van der Waals surface area contributed by atoms with E-state index < -0.39 is 11.9 Å². The quantitative estimate of drug-likeness (QED) is 0.816. The van der Waals surface area contributed by atoms with Gasteiger partial charge in [-0.15, -0.1) is 0 Å². The smallest absolute Gasteiger partial charge is 0.254 e. The minimum absolute atomic E-state index is 0.00976. The second kappa shape index (κ2) is 6.86. The SMILES string of the molecule is C[C@H]1C[C@H](C#N)[C@H](n2cc(C(N)=O)c(Nc3ccnc(F)c3)n2)CO1. The van der Waals surface area contributed by atoms with Gasteiger partial charge in [0.15, 0.2) is 5.82 Å². The Labute approximate surface area is 143 Å². The van der Waals surface area contributed by atoms with Crippen LogP contribution in [0.15, 0.2) is 24.5 Å². The van der Waals surface area contributed by atoms with Gasteiger partial charge in [0.05, 0.1) is 30.7 Å². The largest absolute Gasteiger partial charge is 0.376 e.